The lowest BCUT2D eigenvalue weighted by Gasteiger charge is -1.96. The second-order valence-corrected chi connectivity index (χ2v) is 2.78. The lowest BCUT2D eigenvalue weighted by molar-refractivity contribution is 0.612. The van der Waals surface area contributed by atoms with Gasteiger partial charge >= 0.3 is 0 Å². The lowest BCUT2D eigenvalue weighted by Crippen LogP contribution is -1.97. The van der Waals surface area contributed by atoms with Crippen LogP contribution in [-0.2, 0) is 0 Å². The second-order valence-electron chi connectivity index (χ2n) is 2.78. The van der Waals surface area contributed by atoms with Gasteiger partial charge < -0.3 is 5.73 Å². The van der Waals surface area contributed by atoms with Crippen LogP contribution < -0.4 is 5.73 Å². The highest BCUT2D eigenvalue weighted by Gasteiger charge is 1.85. The quantitative estimate of drug-likeness (QED) is 0.623. The summed E-state index contributed by atoms with van der Waals surface area (Å²) in [6.45, 7) is 4.54. The van der Waals surface area contributed by atoms with Crippen LogP contribution in [0.1, 0.15) is 52.4 Å². The van der Waals surface area contributed by atoms with Crippen molar-refractivity contribution in [2.45, 2.75) is 52.4 Å². The van der Waals surface area contributed by atoms with Crippen LogP contribution in [0.15, 0.2) is 0 Å². The van der Waals surface area contributed by atoms with E-state index in [1.807, 2.05) is 0 Å². The van der Waals surface area contributed by atoms with Crippen molar-refractivity contribution in [3.05, 3.63) is 0 Å². The van der Waals surface area contributed by atoms with Crippen molar-refractivity contribution in [2.75, 3.05) is 6.54 Å². The van der Waals surface area contributed by atoms with E-state index in [2.05, 4.69) is 6.92 Å². The monoisotopic (exact) mass is 170 g/mol. The minimum Gasteiger partial charge on any atom is -0.330 e. The average molecular weight is 170 g/mol. The molecule has 0 atom stereocenters. The summed E-state index contributed by atoms with van der Waals surface area (Å²) in [4.78, 5) is 0. The molecule has 0 saturated carbocycles. The Balaban J connectivity index is 0. The zero-order chi connectivity index (χ0) is 9.66. The van der Waals surface area contributed by atoms with Crippen LogP contribution >= 0.6 is 0 Å². The molecule has 2 nitrogen and oxygen atoms in total. The lowest BCUT2D eigenvalue weighted by atomic mass is 10.1. The standard InChI is InChI=1S/C8H19N.C2H3N/c1-2-3-4-5-6-7-8-9;1-2-3/h2-9H2,1H3;1H3. The molecule has 2 heteroatoms. The number of nitrogens with zero attached hydrogens (tertiary/aromatic N) is 1. The van der Waals surface area contributed by atoms with E-state index < -0.39 is 0 Å². The zero-order valence-corrected chi connectivity index (χ0v) is 8.47. The van der Waals surface area contributed by atoms with Gasteiger partial charge in [-0.25, -0.2) is 0 Å². The van der Waals surface area contributed by atoms with Gasteiger partial charge in [-0.2, -0.15) is 5.26 Å². The first-order chi connectivity index (χ1) is 5.83. The first kappa shape index (κ1) is 14.0. The molecule has 0 aliphatic carbocycles. The summed E-state index contributed by atoms with van der Waals surface area (Å²) in [6.07, 6.45) is 8.05. The van der Waals surface area contributed by atoms with Crippen LogP contribution in [0.3, 0.4) is 0 Å². The van der Waals surface area contributed by atoms with Crippen molar-refractivity contribution in [2.24, 2.45) is 5.73 Å². The molecule has 0 spiro atoms. The Morgan fingerprint density at radius 1 is 1.08 bits per heavy atom. The van der Waals surface area contributed by atoms with Gasteiger partial charge in [-0.15, -0.1) is 0 Å². The molecule has 0 bridgehead atoms. The summed E-state index contributed by atoms with van der Waals surface area (Å²) in [5.41, 5.74) is 5.34. The van der Waals surface area contributed by atoms with Crippen molar-refractivity contribution in [1.29, 1.82) is 5.26 Å². The van der Waals surface area contributed by atoms with Gasteiger partial charge in [-0.1, -0.05) is 39.0 Å². The highest BCUT2D eigenvalue weighted by molar-refractivity contribution is 4.51. The van der Waals surface area contributed by atoms with Crippen LogP contribution in [0, 0.1) is 11.3 Å². The van der Waals surface area contributed by atoms with E-state index >= 15 is 0 Å². The van der Waals surface area contributed by atoms with Crippen LogP contribution in [0.25, 0.3) is 0 Å². The Bertz CT molecular complexity index is 88.5. The fraction of sp³-hybridized carbons (Fsp3) is 0.900. The maximum Gasteiger partial charge on any atom is 0.0587 e. The summed E-state index contributed by atoms with van der Waals surface area (Å²) < 4.78 is 0. The van der Waals surface area contributed by atoms with E-state index in [1.54, 1.807) is 6.07 Å². The van der Waals surface area contributed by atoms with E-state index in [9.17, 15) is 0 Å². The molecule has 0 saturated heterocycles. The first-order valence-corrected chi connectivity index (χ1v) is 4.84. The smallest absolute Gasteiger partial charge is 0.0587 e. The molecule has 0 rings (SSSR count). The summed E-state index contributed by atoms with van der Waals surface area (Å²) in [7, 11) is 0. The van der Waals surface area contributed by atoms with E-state index in [1.165, 1.54) is 45.4 Å². The van der Waals surface area contributed by atoms with Crippen LogP contribution in [0.2, 0.25) is 0 Å². The predicted molar refractivity (Wildman–Crippen MR) is 53.7 cm³/mol. The first-order valence-electron chi connectivity index (χ1n) is 4.84. The highest BCUT2D eigenvalue weighted by Crippen LogP contribution is 2.03. The van der Waals surface area contributed by atoms with Crippen LogP contribution in [0.4, 0.5) is 0 Å². The zero-order valence-electron chi connectivity index (χ0n) is 8.47. The summed E-state index contributed by atoms with van der Waals surface area (Å²) in [5.74, 6) is 0. The normalized spacial score (nSPS) is 8.17. The number of rotatable bonds is 6. The Labute approximate surface area is 76.8 Å². The molecule has 0 aromatic rings. The van der Waals surface area contributed by atoms with E-state index in [4.69, 9.17) is 11.0 Å². The fourth-order valence-electron chi connectivity index (χ4n) is 0.925. The molecule has 0 aliphatic rings. The minimum atomic E-state index is 0.867. The van der Waals surface area contributed by atoms with Crippen molar-refractivity contribution in [3.8, 4) is 6.07 Å². The Hall–Kier alpha value is -0.550. The maximum absolute atomic E-state index is 7.32. The summed E-state index contributed by atoms with van der Waals surface area (Å²) in [5, 5.41) is 7.32. The molecule has 12 heavy (non-hydrogen) atoms. The van der Waals surface area contributed by atoms with Crippen molar-refractivity contribution in [3.63, 3.8) is 0 Å². The van der Waals surface area contributed by atoms with Crippen molar-refractivity contribution >= 4 is 0 Å². The largest absolute Gasteiger partial charge is 0.330 e. The summed E-state index contributed by atoms with van der Waals surface area (Å²) >= 11 is 0. The summed E-state index contributed by atoms with van der Waals surface area (Å²) in [6, 6.07) is 1.75. The van der Waals surface area contributed by atoms with E-state index in [0.717, 1.165) is 6.54 Å². The Morgan fingerprint density at radius 2 is 1.50 bits per heavy atom. The topological polar surface area (TPSA) is 49.8 Å². The third-order valence-electron chi connectivity index (χ3n) is 1.56. The van der Waals surface area contributed by atoms with Crippen molar-refractivity contribution in [1.82, 2.24) is 0 Å². The molecule has 72 valence electrons. The number of hydrogen-bond donors (Lipinski definition) is 1. The second kappa shape index (κ2) is 16.8. The predicted octanol–water partition coefficient (Wildman–Crippen LogP) is 2.84. The molecule has 0 aromatic carbocycles. The molecular weight excluding hydrogens is 148 g/mol. The van der Waals surface area contributed by atoms with Gasteiger partial charge in [0, 0.05) is 6.92 Å². The number of unbranched alkanes of at least 4 members (excludes halogenated alkanes) is 5. The van der Waals surface area contributed by atoms with E-state index in [-0.39, 0.29) is 0 Å². The highest BCUT2D eigenvalue weighted by atomic mass is 14.5. The SMILES string of the molecule is CC#N.CCCCCCCCN. The maximum atomic E-state index is 7.32. The minimum absolute atomic E-state index is 0.867. The molecule has 0 heterocycles. The van der Waals surface area contributed by atoms with Gasteiger partial charge in [0.05, 0.1) is 6.07 Å². The van der Waals surface area contributed by atoms with Gasteiger partial charge in [0.2, 0.25) is 0 Å². The van der Waals surface area contributed by atoms with Gasteiger partial charge in [0.1, 0.15) is 0 Å². The Kier molecular flexibility index (Phi) is 19.6. The average Bonchev–Trinajstić information content (AvgIpc) is 2.06. The van der Waals surface area contributed by atoms with Gasteiger partial charge in [0.25, 0.3) is 0 Å². The number of nitriles is 1. The van der Waals surface area contributed by atoms with Crippen LogP contribution in [-0.4, -0.2) is 6.54 Å². The Morgan fingerprint density at radius 3 is 1.92 bits per heavy atom. The van der Waals surface area contributed by atoms with Crippen LogP contribution in [0.5, 0.6) is 0 Å². The third-order valence-corrected chi connectivity index (χ3v) is 1.56. The molecular formula is C10H22N2. The number of nitrogens with two attached hydrogens (primary N) is 1. The molecule has 0 radical (unpaired) electrons. The van der Waals surface area contributed by atoms with Crippen molar-refractivity contribution < 1.29 is 0 Å². The molecule has 0 amide bonds. The molecule has 0 aliphatic heterocycles. The van der Waals surface area contributed by atoms with Gasteiger partial charge in [0.15, 0.2) is 0 Å². The fourth-order valence-corrected chi connectivity index (χ4v) is 0.925. The molecule has 2 N–H and O–H groups in total. The van der Waals surface area contributed by atoms with Gasteiger partial charge in [-0.05, 0) is 13.0 Å². The molecule has 0 fully saturated rings. The molecule has 0 unspecified atom stereocenters. The molecule has 0 aromatic heterocycles. The van der Waals surface area contributed by atoms with Gasteiger partial charge in [-0.3, -0.25) is 0 Å². The number of hydrogen-bond acceptors (Lipinski definition) is 2. The van der Waals surface area contributed by atoms with E-state index in [0.29, 0.717) is 0 Å². The third kappa shape index (κ3) is 22.7.